The number of nitrogens with zero attached hydrogens (tertiary/aromatic N) is 1. The third kappa shape index (κ3) is 3.79. The molecule has 0 aliphatic carbocycles. The van der Waals surface area contributed by atoms with Gasteiger partial charge in [-0.3, -0.25) is 9.59 Å². The first kappa shape index (κ1) is 20.0. The maximum atomic E-state index is 13.3. The normalized spacial score (nSPS) is 14.7. The number of halogens is 2. The zero-order chi connectivity index (χ0) is 19.9. The van der Waals surface area contributed by atoms with Crippen molar-refractivity contribution in [2.24, 2.45) is 0 Å². The molecular weight excluding hydrogens is 401 g/mol. The molecule has 0 bridgehead atoms. The third-order valence-corrected chi connectivity index (χ3v) is 6.03. The largest absolute Gasteiger partial charge is 0.272 e. The molecule has 0 spiro atoms. The van der Waals surface area contributed by atoms with Crippen LogP contribution >= 0.6 is 35.0 Å². The van der Waals surface area contributed by atoms with Crippen molar-refractivity contribution >= 4 is 58.0 Å². The molecule has 0 saturated heterocycles. The molecule has 0 atom stereocenters. The molecule has 0 saturated carbocycles. The fraction of sp³-hybridized carbons (Fsp3) is 0.238. The van der Waals surface area contributed by atoms with Gasteiger partial charge in [0.05, 0.1) is 26.2 Å². The second-order valence-corrected chi connectivity index (χ2v) is 9.13. The Balaban J connectivity index is 2.15. The minimum absolute atomic E-state index is 0.159. The van der Waals surface area contributed by atoms with Gasteiger partial charge in [-0.15, -0.1) is 11.8 Å². The maximum Gasteiger partial charge on any atom is 0.272 e. The average Bonchev–Trinajstić information content (AvgIpc) is 2.81. The third-order valence-electron chi connectivity index (χ3n) is 4.21. The predicted octanol–water partition coefficient (Wildman–Crippen LogP) is 6.04. The molecule has 0 N–H and O–H groups in total. The van der Waals surface area contributed by atoms with E-state index in [9.17, 15) is 9.59 Å². The standard InChI is InChI=1S/C21H19Cl2NO2S/c1-11(2)27-19-18(15-7-5-12(3)9-13(15)4)20(25)24(21(19)26)14-6-8-16(22)17(23)10-14/h5-11H,1-4H3. The Morgan fingerprint density at radius 3 is 2.22 bits per heavy atom. The van der Waals surface area contributed by atoms with Gasteiger partial charge in [-0.25, -0.2) is 4.90 Å². The van der Waals surface area contributed by atoms with Crippen molar-refractivity contribution in [2.45, 2.75) is 32.9 Å². The highest BCUT2D eigenvalue weighted by atomic mass is 35.5. The second-order valence-electron chi connectivity index (χ2n) is 6.73. The van der Waals surface area contributed by atoms with Crippen molar-refractivity contribution in [1.29, 1.82) is 0 Å². The molecule has 0 fully saturated rings. The first-order valence-corrected chi connectivity index (χ1v) is 10.2. The lowest BCUT2D eigenvalue weighted by Gasteiger charge is -2.16. The summed E-state index contributed by atoms with van der Waals surface area (Å²) >= 11 is 13.5. The lowest BCUT2D eigenvalue weighted by Crippen LogP contribution is -2.31. The number of amides is 2. The molecule has 0 aromatic heterocycles. The SMILES string of the molecule is Cc1ccc(C2=C(SC(C)C)C(=O)N(c3ccc(Cl)c(Cl)c3)C2=O)c(C)c1. The minimum atomic E-state index is -0.339. The topological polar surface area (TPSA) is 37.4 Å². The van der Waals surface area contributed by atoms with E-state index in [0.29, 0.717) is 26.2 Å². The molecule has 2 amide bonds. The predicted molar refractivity (Wildman–Crippen MR) is 115 cm³/mol. The van der Waals surface area contributed by atoms with Crippen LogP contribution in [-0.4, -0.2) is 17.1 Å². The van der Waals surface area contributed by atoms with Crippen molar-refractivity contribution < 1.29 is 9.59 Å². The first-order chi connectivity index (χ1) is 12.7. The van der Waals surface area contributed by atoms with E-state index in [1.54, 1.807) is 18.2 Å². The minimum Gasteiger partial charge on any atom is -0.268 e. The Morgan fingerprint density at radius 1 is 0.926 bits per heavy atom. The zero-order valence-corrected chi connectivity index (χ0v) is 17.8. The summed E-state index contributed by atoms with van der Waals surface area (Å²) in [5, 5.41) is 0.831. The van der Waals surface area contributed by atoms with Crippen molar-refractivity contribution in [1.82, 2.24) is 0 Å². The van der Waals surface area contributed by atoms with E-state index >= 15 is 0 Å². The van der Waals surface area contributed by atoms with Crippen LogP contribution in [0.4, 0.5) is 5.69 Å². The molecule has 3 nitrogen and oxygen atoms in total. The van der Waals surface area contributed by atoms with Crippen LogP contribution in [0.5, 0.6) is 0 Å². The molecule has 6 heteroatoms. The number of hydrogen-bond donors (Lipinski definition) is 0. The quantitative estimate of drug-likeness (QED) is 0.567. The number of benzene rings is 2. The molecule has 140 valence electrons. The molecule has 1 heterocycles. The van der Waals surface area contributed by atoms with Gasteiger partial charge in [0.2, 0.25) is 0 Å². The molecule has 3 rings (SSSR count). The Bertz CT molecular complexity index is 982. The lowest BCUT2D eigenvalue weighted by molar-refractivity contribution is -0.119. The van der Waals surface area contributed by atoms with E-state index in [0.717, 1.165) is 16.7 Å². The monoisotopic (exact) mass is 419 g/mol. The van der Waals surface area contributed by atoms with E-state index < -0.39 is 0 Å². The Morgan fingerprint density at radius 2 is 1.63 bits per heavy atom. The van der Waals surface area contributed by atoms with E-state index in [2.05, 4.69) is 0 Å². The van der Waals surface area contributed by atoms with Gasteiger partial charge in [0.25, 0.3) is 11.8 Å². The molecule has 2 aromatic rings. The van der Waals surface area contributed by atoms with Gasteiger partial charge in [0.1, 0.15) is 0 Å². The smallest absolute Gasteiger partial charge is 0.268 e. The molecule has 0 radical (unpaired) electrons. The Hall–Kier alpha value is -1.75. The summed E-state index contributed by atoms with van der Waals surface area (Å²) in [5.74, 6) is -0.666. The fourth-order valence-electron chi connectivity index (χ4n) is 3.04. The molecule has 1 aliphatic rings. The highest BCUT2D eigenvalue weighted by molar-refractivity contribution is 8.04. The number of thioether (sulfide) groups is 1. The number of aryl methyl sites for hydroxylation is 2. The van der Waals surface area contributed by atoms with E-state index in [-0.39, 0.29) is 17.1 Å². The second kappa shape index (κ2) is 7.70. The zero-order valence-electron chi connectivity index (χ0n) is 15.5. The summed E-state index contributed by atoms with van der Waals surface area (Å²) in [6, 6.07) is 10.6. The van der Waals surface area contributed by atoms with Gasteiger partial charge in [0, 0.05) is 5.25 Å². The number of imide groups is 1. The summed E-state index contributed by atoms with van der Waals surface area (Å²) < 4.78 is 0. The van der Waals surface area contributed by atoms with Crippen molar-refractivity contribution in [2.75, 3.05) is 4.90 Å². The van der Waals surface area contributed by atoms with E-state index in [4.69, 9.17) is 23.2 Å². The Labute approximate surface area is 173 Å². The van der Waals surface area contributed by atoms with Crippen LogP contribution in [0.15, 0.2) is 41.3 Å². The van der Waals surface area contributed by atoms with Crippen LogP contribution in [0.25, 0.3) is 5.57 Å². The van der Waals surface area contributed by atoms with Crippen LogP contribution in [-0.2, 0) is 9.59 Å². The summed E-state index contributed by atoms with van der Waals surface area (Å²) in [4.78, 5) is 28.1. The van der Waals surface area contributed by atoms with Crippen LogP contribution in [0.1, 0.15) is 30.5 Å². The number of carbonyl (C=O) groups is 2. The van der Waals surface area contributed by atoms with E-state index in [1.807, 2.05) is 45.9 Å². The van der Waals surface area contributed by atoms with Crippen LogP contribution < -0.4 is 4.90 Å². The van der Waals surface area contributed by atoms with Gasteiger partial charge in [-0.1, -0.05) is 60.8 Å². The molecule has 27 heavy (non-hydrogen) atoms. The summed E-state index contributed by atoms with van der Waals surface area (Å²) in [6.07, 6.45) is 0. The van der Waals surface area contributed by atoms with Crippen LogP contribution in [0.2, 0.25) is 10.0 Å². The lowest BCUT2D eigenvalue weighted by atomic mass is 9.99. The molecule has 2 aromatic carbocycles. The maximum absolute atomic E-state index is 13.3. The highest BCUT2D eigenvalue weighted by Crippen LogP contribution is 2.41. The average molecular weight is 420 g/mol. The van der Waals surface area contributed by atoms with Gasteiger partial charge in [-0.05, 0) is 43.2 Å². The fourth-order valence-corrected chi connectivity index (χ4v) is 4.32. The van der Waals surface area contributed by atoms with Crippen molar-refractivity contribution in [3.63, 3.8) is 0 Å². The Kier molecular flexibility index (Phi) is 5.71. The van der Waals surface area contributed by atoms with Gasteiger partial charge in [-0.2, -0.15) is 0 Å². The number of rotatable bonds is 4. The van der Waals surface area contributed by atoms with Crippen LogP contribution in [0, 0.1) is 13.8 Å². The number of carbonyl (C=O) groups excluding carboxylic acids is 2. The number of anilines is 1. The van der Waals surface area contributed by atoms with Crippen molar-refractivity contribution in [3.8, 4) is 0 Å². The van der Waals surface area contributed by atoms with Crippen LogP contribution in [0.3, 0.4) is 0 Å². The van der Waals surface area contributed by atoms with Gasteiger partial charge < -0.3 is 0 Å². The number of hydrogen-bond acceptors (Lipinski definition) is 3. The molecular formula is C21H19Cl2NO2S. The van der Waals surface area contributed by atoms with E-state index in [1.165, 1.54) is 16.7 Å². The molecule has 0 unspecified atom stereocenters. The first-order valence-electron chi connectivity index (χ1n) is 8.53. The van der Waals surface area contributed by atoms with Crippen molar-refractivity contribution in [3.05, 3.63) is 68.0 Å². The molecule has 1 aliphatic heterocycles. The summed E-state index contributed by atoms with van der Waals surface area (Å²) in [5.41, 5.74) is 3.71. The van der Waals surface area contributed by atoms with Gasteiger partial charge >= 0.3 is 0 Å². The highest BCUT2D eigenvalue weighted by Gasteiger charge is 2.41. The summed E-state index contributed by atoms with van der Waals surface area (Å²) in [7, 11) is 0. The van der Waals surface area contributed by atoms with Gasteiger partial charge in [0.15, 0.2) is 0 Å². The summed E-state index contributed by atoms with van der Waals surface area (Å²) in [6.45, 7) is 7.94.